The highest BCUT2D eigenvalue weighted by Gasteiger charge is 2.39. The number of hydrazine groups is 1. The molecule has 2 rings (SSSR count). The van der Waals surface area contributed by atoms with E-state index >= 15 is 0 Å². The molecule has 3 N–H and O–H groups in total. The van der Waals surface area contributed by atoms with E-state index in [0.29, 0.717) is 12.8 Å². The van der Waals surface area contributed by atoms with Gasteiger partial charge in [0.1, 0.15) is 0 Å². The fraction of sp³-hybridized carbons (Fsp3) is 0.600. The summed E-state index contributed by atoms with van der Waals surface area (Å²) in [6.45, 7) is 2.11. The predicted octanol–water partition coefficient (Wildman–Crippen LogP) is 3.58. The minimum absolute atomic E-state index is 0.00176. The van der Waals surface area contributed by atoms with Crippen molar-refractivity contribution in [3.63, 3.8) is 0 Å². The zero-order valence-corrected chi connectivity index (χ0v) is 11.3. The molecule has 2 atom stereocenters. The van der Waals surface area contributed by atoms with Crippen LogP contribution in [0.2, 0.25) is 0 Å². The molecule has 0 aromatic heterocycles. The van der Waals surface area contributed by atoms with Crippen molar-refractivity contribution in [2.45, 2.75) is 51.0 Å². The first kappa shape index (κ1) is 14.4. The summed E-state index contributed by atoms with van der Waals surface area (Å²) in [6.07, 6.45) is 2.29. The van der Waals surface area contributed by atoms with E-state index in [0.717, 1.165) is 12.0 Å². The number of nitrogens with two attached hydrogens (primary N) is 1. The zero-order chi connectivity index (χ0) is 13.9. The number of nitrogens with one attached hydrogen (secondary N) is 1. The van der Waals surface area contributed by atoms with Crippen molar-refractivity contribution < 1.29 is 8.78 Å². The summed E-state index contributed by atoms with van der Waals surface area (Å²) in [7, 11) is 0. The average molecular weight is 268 g/mol. The number of rotatable bonds is 5. The van der Waals surface area contributed by atoms with Gasteiger partial charge in [0.15, 0.2) is 0 Å². The molecule has 2 unspecified atom stereocenters. The Balaban J connectivity index is 1.99. The minimum atomic E-state index is -2.48. The molecular weight excluding hydrogens is 246 g/mol. The average Bonchev–Trinajstić information content (AvgIpc) is 2.75. The topological polar surface area (TPSA) is 38.0 Å². The molecular formula is C15H22F2N2. The van der Waals surface area contributed by atoms with E-state index in [4.69, 9.17) is 5.84 Å². The van der Waals surface area contributed by atoms with E-state index in [9.17, 15) is 8.78 Å². The second-order valence-corrected chi connectivity index (χ2v) is 5.51. The van der Waals surface area contributed by atoms with Gasteiger partial charge >= 0.3 is 0 Å². The fourth-order valence-corrected chi connectivity index (χ4v) is 2.86. The second kappa shape index (κ2) is 5.97. The molecule has 0 radical (unpaired) electrons. The standard InChI is InChI=1S/C15H22F2N2/c1-2-11-3-5-13(6-4-11)14(19-18)9-12-7-8-15(16,17)10-12/h3-6,12,14,19H,2,7-10,18H2,1H3. The van der Waals surface area contributed by atoms with Gasteiger partial charge < -0.3 is 0 Å². The lowest BCUT2D eigenvalue weighted by atomic mass is 9.93. The van der Waals surface area contributed by atoms with Gasteiger partial charge in [0.25, 0.3) is 0 Å². The van der Waals surface area contributed by atoms with E-state index in [1.165, 1.54) is 5.56 Å². The van der Waals surface area contributed by atoms with Crippen molar-refractivity contribution in [3.05, 3.63) is 35.4 Å². The molecule has 1 aromatic carbocycles. The maximum absolute atomic E-state index is 13.2. The summed E-state index contributed by atoms with van der Waals surface area (Å²) in [5.41, 5.74) is 5.11. The number of hydrogen-bond donors (Lipinski definition) is 2. The molecule has 106 valence electrons. The summed E-state index contributed by atoms with van der Waals surface area (Å²) in [4.78, 5) is 0. The van der Waals surface area contributed by atoms with Crippen LogP contribution in [0.1, 0.15) is 49.8 Å². The summed E-state index contributed by atoms with van der Waals surface area (Å²) >= 11 is 0. The van der Waals surface area contributed by atoms with Crippen molar-refractivity contribution in [1.29, 1.82) is 0 Å². The Morgan fingerprint density at radius 1 is 1.37 bits per heavy atom. The molecule has 0 spiro atoms. The van der Waals surface area contributed by atoms with Gasteiger partial charge in [-0.1, -0.05) is 31.2 Å². The van der Waals surface area contributed by atoms with E-state index in [1.54, 1.807) is 0 Å². The third-order valence-corrected chi connectivity index (χ3v) is 4.07. The molecule has 1 fully saturated rings. The number of halogens is 2. The number of aryl methyl sites for hydroxylation is 1. The number of hydrogen-bond acceptors (Lipinski definition) is 2. The van der Waals surface area contributed by atoms with E-state index in [-0.39, 0.29) is 24.8 Å². The smallest absolute Gasteiger partial charge is 0.248 e. The third kappa shape index (κ3) is 3.74. The van der Waals surface area contributed by atoms with Crippen LogP contribution in [0.5, 0.6) is 0 Å². The molecule has 0 bridgehead atoms. The Morgan fingerprint density at radius 3 is 2.53 bits per heavy atom. The molecule has 4 heteroatoms. The van der Waals surface area contributed by atoms with Crippen LogP contribution in [-0.4, -0.2) is 5.92 Å². The van der Waals surface area contributed by atoms with Crippen LogP contribution in [0.25, 0.3) is 0 Å². The van der Waals surface area contributed by atoms with Gasteiger partial charge in [0, 0.05) is 18.9 Å². The fourth-order valence-electron chi connectivity index (χ4n) is 2.86. The van der Waals surface area contributed by atoms with Crippen LogP contribution < -0.4 is 11.3 Å². The van der Waals surface area contributed by atoms with Crippen molar-refractivity contribution in [2.24, 2.45) is 11.8 Å². The van der Waals surface area contributed by atoms with Gasteiger partial charge in [-0.25, -0.2) is 8.78 Å². The minimum Gasteiger partial charge on any atom is -0.271 e. The van der Waals surface area contributed by atoms with Crippen LogP contribution >= 0.6 is 0 Å². The van der Waals surface area contributed by atoms with Crippen molar-refractivity contribution in [3.8, 4) is 0 Å². The lowest BCUT2D eigenvalue weighted by Crippen LogP contribution is -2.29. The summed E-state index contributed by atoms with van der Waals surface area (Å²) in [5, 5.41) is 0. The molecule has 1 aliphatic rings. The van der Waals surface area contributed by atoms with Crippen molar-refractivity contribution >= 4 is 0 Å². The molecule has 0 aliphatic heterocycles. The van der Waals surface area contributed by atoms with Gasteiger partial charge in [-0.3, -0.25) is 11.3 Å². The molecule has 1 aliphatic carbocycles. The third-order valence-electron chi connectivity index (χ3n) is 4.07. The molecule has 0 amide bonds. The van der Waals surface area contributed by atoms with Crippen LogP contribution in [0.15, 0.2) is 24.3 Å². The summed E-state index contributed by atoms with van der Waals surface area (Å²) < 4.78 is 26.4. The largest absolute Gasteiger partial charge is 0.271 e. The SMILES string of the molecule is CCc1ccc(C(CC2CCC(F)(F)C2)NN)cc1. The first-order chi connectivity index (χ1) is 9.04. The normalized spacial score (nSPS) is 23.5. The van der Waals surface area contributed by atoms with Crippen molar-refractivity contribution in [1.82, 2.24) is 5.43 Å². The molecule has 19 heavy (non-hydrogen) atoms. The second-order valence-electron chi connectivity index (χ2n) is 5.51. The molecule has 0 saturated heterocycles. The first-order valence-electron chi connectivity index (χ1n) is 6.97. The van der Waals surface area contributed by atoms with Gasteiger partial charge in [-0.2, -0.15) is 0 Å². The number of alkyl halides is 2. The van der Waals surface area contributed by atoms with Crippen molar-refractivity contribution in [2.75, 3.05) is 0 Å². The van der Waals surface area contributed by atoms with Gasteiger partial charge in [-0.15, -0.1) is 0 Å². The zero-order valence-electron chi connectivity index (χ0n) is 11.3. The maximum Gasteiger partial charge on any atom is 0.248 e. The Bertz CT molecular complexity index is 403. The van der Waals surface area contributed by atoms with Crippen LogP contribution in [0.4, 0.5) is 8.78 Å². The predicted molar refractivity (Wildman–Crippen MR) is 72.8 cm³/mol. The highest BCUT2D eigenvalue weighted by atomic mass is 19.3. The summed E-state index contributed by atoms with van der Waals surface area (Å²) in [6, 6.07) is 8.18. The van der Waals surface area contributed by atoms with Crippen LogP contribution in [0.3, 0.4) is 0 Å². The van der Waals surface area contributed by atoms with Gasteiger partial charge in [0.05, 0.1) is 0 Å². The Hall–Kier alpha value is -1.00. The molecule has 0 heterocycles. The summed E-state index contributed by atoms with van der Waals surface area (Å²) in [5.74, 6) is 3.16. The highest BCUT2D eigenvalue weighted by molar-refractivity contribution is 5.25. The quantitative estimate of drug-likeness (QED) is 0.633. The monoisotopic (exact) mass is 268 g/mol. The lowest BCUT2D eigenvalue weighted by Gasteiger charge is -2.20. The molecule has 1 saturated carbocycles. The lowest BCUT2D eigenvalue weighted by molar-refractivity contribution is 0.00430. The Labute approximate surface area is 113 Å². The van der Waals surface area contributed by atoms with E-state index in [2.05, 4.69) is 24.5 Å². The Morgan fingerprint density at radius 2 is 2.05 bits per heavy atom. The first-order valence-corrected chi connectivity index (χ1v) is 6.97. The van der Waals surface area contributed by atoms with Gasteiger partial charge in [-0.05, 0) is 36.3 Å². The Kier molecular flexibility index (Phi) is 4.53. The maximum atomic E-state index is 13.2. The van der Waals surface area contributed by atoms with Crippen LogP contribution in [0, 0.1) is 5.92 Å². The molecule has 2 nitrogen and oxygen atoms in total. The van der Waals surface area contributed by atoms with Crippen LogP contribution in [-0.2, 0) is 6.42 Å². The van der Waals surface area contributed by atoms with E-state index < -0.39 is 5.92 Å². The number of benzene rings is 1. The van der Waals surface area contributed by atoms with Gasteiger partial charge in [0.2, 0.25) is 5.92 Å². The highest BCUT2D eigenvalue weighted by Crippen LogP contribution is 2.42. The van der Waals surface area contributed by atoms with E-state index in [1.807, 2.05) is 12.1 Å². The molecule has 1 aromatic rings.